The van der Waals surface area contributed by atoms with Crippen LogP contribution >= 0.6 is 0 Å². The Labute approximate surface area is 369 Å². The summed E-state index contributed by atoms with van der Waals surface area (Å²) in [7, 11) is 0. The van der Waals surface area contributed by atoms with E-state index < -0.39 is 0 Å². The van der Waals surface area contributed by atoms with Crippen molar-refractivity contribution in [1.82, 2.24) is 0 Å². The Bertz CT molecular complexity index is 3290. The van der Waals surface area contributed by atoms with E-state index in [2.05, 4.69) is 266 Å². The summed E-state index contributed by atoms with van der Waals surface area (Å²) in [5, 5.41) is 4.90. The van der Waals surface area contributed by atoms with Crippen LogP contribution in [0.15, 0.2) is 261 Å². The molecule has 11 aromatic carbocycles. The number of anilines is 3. The molecule has 0 aliphatic carbocycles. The van der Waals surface area contributed by atoms with Crippen molar-refractivity contribution in [3.05, 3.63) is 261 Å². The summed E-state index contributed by atoms with van der Waals surface area (Å²) in [6, 6.07) is 94.9. The van der Waals surface area contributed by atoms with Gasteiger partial charge in [0.05, 0.1) is 5.69 Å². The Morgan fingerprint density at radius 2 is 0.619 bits per heavy atom. The minimum atomic E-state index is 1.07. The Morgan fingerprint density at radius 1 is 0.206 bits per heavy atom. The lowest BCUT2D eigenvalue weighted by Gasteiger charge is -2.30. The number of benzene rings is 11. The molecule has 11 rings (SSSR count). The van der Waals surface area contributed by atoms with E-state index in [1.54, 1.807) is 0 Å². The summed E-state index contributed by atoms with van der Waals surface area (Å²) in [5.41, 5.74) is 17.4. The summed E-state index contributed by atoms with van der Waals surface area (Å²) < 4.78 is 0. The molecular formula is C62H43N. The molecule has 0 amide bonds. The maximum absolute atomic E-state index is 2.49. The van der Waals surface area contributed by atoms with Crippen LogP contribution in [0.5, 0.6) is 0 Å². The summed E-state index contributed by atoms with van der Waals surface area (Å²) in [6.45, 7) is 0. The van der Waals surface area contributed by atoms with Gasteiger partial charge < -0.3 is 4.90 Å². The SMILES string of the molecule is c1ccc(-c2cc(-c3ccccc3)cc(N(c3ccc4c(c3)c(-c3ccccc3)c(-c3ccccc3)c3ccccc34)c3ccc(-c4ccccc4)cc3-c3ccccc3)c2)cc1. The van der Waals surface area contributed by atoms with Gasteiger partial charge in [0.1, 0.15) is 0 Å². The third kappa shape index (κ3) is 7.26. The highest BCUT2D eigenvalue weighted by atomic mass is 15.1. The molecule has 0 unspecified atom stereocenters. The molecule has 11 aromatic rings. The molecule has 0 aliphatic heterocycles. The number of nitrogens with zero attached hydrogens (tertiary/aromatic N) is 1. The van der Waals surface area contributed by atoms with E-state index in [0.29, 0.717) is 0 Å². The minimum absolute atomic E-state index is 1.07. The van der Waals surface area contributed by atoms with Gasteiger partial charge in [-0.2, -0.15) is 0 Å². The highest BCUT2D eigenvalue weighted by molar-refractivity contribution is 6.22. The molecule has 1 nitrogen and oxygen atoms in total. The van der Waals surface area contributed by atoms with Gasteiger partial charge in [-0.3, -0.25) is 0 Å². The third-order valence-corrected chi connectivity index (χ3v) is 12.2. The van der Waals surface area contributed by atoms with E-state index in [0.717, 1.165) is 39.3 Å². The summed E-state index contributed by atoms with van der Waals surface area (Å²) in [6.07, 6.45) is 0. The molecule has 0 radical (unpaired) electrons. The highest BCUT2D eigenvalue weighted by Gasteiger charge is 2.23. The van der Waals surface area contributed by atoms with Crippen molar-refractivity contribution in [2.45, 2.75) is 0 Å². The molecule has 1 heteroatoms. The highest BCUT2D eigenvalue weighted by Crippen LogP contribution is 2.49. The molecule has 0 saturated heterocycles. The molecule has 0 spiro atoms. The van der Waals surface area contributed by atoms with Gasteiger partial charge in [0.15, 0.2) is 0 Å². The first kappa shape index (κ1) is 37.7. The number of rotatable bonds is 9. The molecule has 0 heterocycles. The van der Waals surface area contributed by atoms with Crippen molar-refractivity contribution < 1.29 is 0 Å². The van der Waals surface area contributed by atoms with Crippen LogP contribution in [0.4, 0.5) is 17.1 Å². The second kappa shape index (κ2) is 16.7. The van der Waals surface area contributed by atoms with Crippen LogP contribution in [0, 0.1) is 0 Å². The molecule has 0 bridgehead atoms. The fourth-order valence-electron chi connectivity index (χ4n) is 9.28. The van der Waals surface area contributed by atoms with E-state index in [9.17, 15) is 0 Å². The predicted molar refractivity (Wildman–Crippen MR) is 269 cm³/mol. The van der Waals surface area contributed by atoms with Crippen molar-refractivity contribution in [2.75, 3.05) is 4.90 Å². The summed E-state index contributed by atoms with van der Waals surface area (Å²) in [4.78, 5) is 2.49. The first-order valence-corrected chi connectivity index (χ1v) is 21.7. The van der Waals surface area contributed by atoms with Gasteiger partial charge in [-0.25, -0.2) is 0 Å². The van der Waals surface area contributed by atoms with Crippen molar-refractivity contribution in [3.8, 4) is 66.8 Å². The predicted octanol–water partition coefficient (Wildman–Crippen LogP) is 17.5. The fourth-order valence-corrected chi connectivity index (χ4v) is 9.28. The van der Waals surface area contributed by atoms with E-state index in [4.69, 9.17) is 0 Å². The normalized spacial score (nSPS) is 11.2. The molecule has 0 saturated carbocycles. The zero-order valence-electron chi connectivity index (χ0n) is 34.8. The largest absolute Gasteiger partial charge is 0.310 e. The van der Waals surface area contributed by atoms with Crippen LogP contribution in [-0.4, -0.2) is 0 Å². The van der Waals surface area contributed by atoms with Crippen LogP contribution in [-0.2, 0) is 0 Å². The van der Waals surface area contributed by atoms with Gasteiger partial charge in [0.25, 0.3) is 0 Å². The number of hydrogen-bond acceptors (Lipinski definition) is 1. The Kier molecular flexibility index (Phi) is 9.97. The summed E-state index contributed by atoms with van der Waals surface area (Å²) >= 11 is 0. The second-order valence-electron chi connectivity index (χ2n) is 16.1. The van der Waals surface area contributed by atoms with Gasteiger partial charge in [-0.1, -0.05) is 218 Å². The fraction of sp³-hybridized carbons (Fsp3) is 0. The average Bonchev–Trinajstić information content (AvgIpc) is 3.37. The van der Waals surface area contributed by atoms with E-state index in [1.807, 2.05) is 0 Å². The van der Waals surface area contributed by atoms with E-state index in [1.165, 1.54) is 66.1 Å². The number of fused-ring (bicyclic) bond motifs is 3. The van der Waals surface area contributed by atoms with Crippen molar-refractivity contribution in [3.63, 3.8) is 0 Å². The molecule has 0 aromatic heterocycles. The van der Waals surface area contributed by atoms with Gasteiger partial charge in [-0.05, 0) is 125 Å². The Hall–Kier alpha value is -8.26. The summed E-state index contributed by atoms with van der Waals surface area (Å²) in [5.74, 6) is 0. The first-order valence-electron chi connectivity index (χ1n) is 21.7. The zero-order valence-corrected chi connectivity index (χ0v) is 34.8. The molecular weight excluding hydrogens is 759 g/mol. The van der Waals surface area contributed by atoms with Gasteiger partial charge in [0, 0.05) is 16.9 Å². The van der Waals surface area contributed by atoms with Crippen LogP contribution in [0.25, 0.3) is 88.3 Å². The van der Waals surface area contributed by atoms with Crippen LogP contribution in [0.2, 0.25) is 0 Å². The zero-order chi connectivity index (χ0) is 42.0. The van der Waals surface area contributed by atoms with Crippen molar-refractivity contribution in [1.29, 1.82) is 0 Å². The van der Waals surface area contributed by atoms with Gasteiger partial charge in [0.2, 0.25) is 0 Å². The quantitative estimate of drug-likeness (QED) is 0.131. The lowest BCUT2D eigenvalue weighted by molar-refractivity contribution is 1.29. The smallest absolute Gasteiger partial charge is 0.0540 e. The van der Waals surface area contributed by atoms with Crippen molar-refractivity contribution in [2.24, 2.45) is 0 Å². The topological polar surface area (TPSA) is 3.24 Å². The standard InChI is InChI=1S/C62H43N/c1-7-21-44(22-8-1)50-35-38-60(58(42-50)47-27-13-4-14-28-47)63(54-40-51(45-23-9-2-10-24-45)39-52(41-54)46-25-11-3-12-26-46)53-36-37-56-55-33-19-20-34-57(55)61(48-29-15-5-16-30-48)62(59(56)43-53)49-31-17-6-18-32-49/h1-43H. The van der Waals surface area contributed by atoms with Crippen molar-refractivity contribution >= 4 is 38.6 Å². The molecule has 296 valence electrons. The third-order valence-electron chi connectivity index (χ3n) is 12.2. The molecule has 0 N–H and O–H groups in total. The van der Waals surface area contributed by atoms with Gasteiger partial charge in [-0.15, -0.1) is 0 Å². The van der Waals surface area contributed by atoms with Crippen LogP contribution in [0.3, 0.4) is 0 Å². The maximum Gasteiger partial charge on any atom is 0.0540 e. The Balaban J connectivity index is 1.26. The van der Waals surface area contributed by atoms with Crippen LogP contribution < -0.4 is 4.90 Å². The van der Waals surface area contributed by atoms with E-state index in [-0.39, 0.29) is 0 Å². The molecule has 63 heavy (non-hydrogen) atoms. The monoisotopic (exact) mass is 801 g/mol. The molecule has 0 fully saturated rings. The van der Waals surface area contributed by atoms with Crippen LogP contribution in [0.1, 0.15) is 0 Å². The Morgan fingerprint density at radius 3 is 1.14 bits per heavy atom. The number of hydrogen-bond donors (Lipinski definition) is 0. The van der Waals surface area contributed by atoms with E-state index >= 15 is 0 Å². The van der Waals surface area contributed by atoms with Gasteiger partial charge >= 0.3 is 0 Å². The lowest BCUT2D eigenvalue weighted by atomic mass is 9.84. The lowest BCUT2D eigenvalue weighted by Crippen LogP contribution is -2.12. The second-order valence-corrected chi connectivity index (χ2v) is 16.1. The maximum atomic E-state index is 2.49. The molecule has 0 atom stereocenters. The molecule has 0 aliphatic rings. The first-order chi connectivity index (χ1) is 31.3. The minimum Gasteiger partial charge on any atom is -0.310 e. The average molecular weight is 802 g/mol.